The first-order chi connectivity index (χ1) is 8.81. The molecule has 8 heteroatoms. The van der Waals surface area contributed by atoms with Crippen LogP contribution in [-0.2, 0) is 10.0 Å². The molecule has 1 atom stereocenters. The van der Waals surface area contributed by atoms with Gasteiger partial charge in [-0.1, -0.05) is 0 Å². The van der Waals surface area contributed by atoms with Crippen molar-refractivity contribution in [1.29, 1.82) is 0 Å². The van der Waals surface area contributed by atoms with E-state index in [9.17, 15) is 12.8 Å². The fraction of sp³-hybridized carbons (Fsp3) is 0.455. The average molecular weight is 292 g/mol. The minimum Gasteiger partial charge on any atom is -0.493 e. The van der Waals surface area contributed by atoms with Gasteiger partial charge in [-0.15, -0.1) is 0 Å². The van der Waals surface area contributed by atoms with Gasteiger partial charge in [0.25, 0.3) is 0 Å². The third-order valence-corrected chi connectivity index (χ3v) is 3.76. The van der Waals surface area contributed by atoms with E-state index >= 15 is 0 Å². The van der Waals surface area contributed by atoms with Crippen LogP contribution in [0.25, 0.3) is 0 Å². The Labute approximate surface area is 111 Å². The largest absolute Gasteiger partial charge is 0.493 e. The van der Waals surface area contributed by atoms with Crippen LogP contribution in [-0.4, -0.2) is 35.2 Å². The van der Waals surface area contributed by atoms with Crippen molar-refractivity contribution in [2.45, 2.75) is 17.9 Å². The zero-order valence-corrected chi connectivity index (χ0v) is 11.8. The first-order valence-corrected chi connectivity index (χ1v) is 6.97. The van der Waals surface area contributed by atoms with Crippen LogP contribution in [0.2, 0.25) is 0 Å². The predicted molar refractivity (Wildman–Crippen MR) is 68.3 cm³/mol. The molecule has 0 spiro atoms. The number of halogens is 1. The number of nitrogens with two attached hydrogens (primary N) is 1. The van der Waals surface area contributed by atoms with Crippen molar-refractivity contribution >= 4 is 10.0 Å². The second kappa shape index (κ2) is 6.18. The van der Waals surface area contributed by atoms with Crippen LogP contribution < -0.4 is 19.9 Å². The minimum absolute atomic E-state index is 0.0100. The maximum absolute atomic E-state index is 13.8. The van der Waals surface area contributed by atoms with E-state index in [1.807, 2.05) is 0 Å². The molecule has 1 unspecified atom stereocenters. The highest BCUT2D eigenvalue weighted by Gasteiger charge is 2.22. The lowest BCUT2D eigenvalue weighted by Gasteiger charge is -2.13. The predicted octanol–water partition coefficient (Wildman–Crippen LogP) is 0.468. The number of hydrogen-bond acceptors (Lipinski definition) is 5. The molecule has 0 aliphatic heterocycles. The van der Waals surface area contributed by atoms with Crippen LogP contribution in [0, 0.1) is 5.82 Å². The third kappa shape index (κ3) is 3.79. The quantitative estimate of drug-likeness (QED) is 0.795. The summed E-state index contributed by atoms with van der Waals surface area (Å²) in [6.45, 7) is 1.64. The Kier molecular flexibility index (Phi) is 5.10. The summed E-state index contributed by atoms with van der Waals surface area (Å²) in [6.07, 6.45) is 0. The molecule has 0 saturated carbocycles. The van der Waals surface area contributed by atoms with E-state index < -0.39 is 20.7 Å². The molecule has 6 nitrogen and oxygen atoms in total. The molecule has 19 heavy (non-hydrogen) atoms. The van der Waals surface area contributed by atoms with Crippen LogP contribution in [0.5, 0.6) is 11.5 Å². The SMILES string of the molecule is COc1cc(F)c(S(=O)(=O)NCC(C)N)cc1OC. The number of methoxy groups -OCH3 is 2. The molecule has 0 amide bonds. The second-order valence-corrected chi connectivity index (χ2v) is 5.70. The zero-order valence-electron chi connectivity index (χ0n) is 10.9. The first kappa shape index (κ1) is 15.7. The van der Waals surface area contributed by atoms with Gasteiger partial charge >= 0.3 is 0 Å². The zero-order chi connectivity index (χ0) is 14.6. The smallest absolute Gasteiger partial charge is 0.243 e. The summed E-state index contributed by atoms with van der Waals surface area (Å²) in [5, 5.41) is 0. The van der Waals surface area contributed by atoms with E-state index in [2.05, 4.69) is 4.72 Å². The summed E-state index contributed by atoms with van der Waals surface area (Å²) in [4.78, 5) is -0.509. The molecule has 0 aliphatic carbocycles. The van der Waals surface area contributed by atoms with Crippen LogP contribution in [0.1, 0.15) is 6.92 Å². The molecular weight excluding hydrogens is 275 g/mol. The molecule has 3 N–H and O–H groups in total. The number of rotatable bonds is 6. The fourth-order valence-corrected chi connectivity index (χ4v) is 2.58. The van der Waals surface area contributed by atoms with Crippen LogP contribution in [0.3, 0.4) is 0 Å². The van der Waals surface area contributed by atoms with Crippen LogP contribution in [0.4, 0.5) is 4.39 Å². The number of nitrogens with one attached hydrogen (secondary N) is 1. The highest BCUT2D eigenvalue weighted by Crippen LogP contribution is 2.31. The van der Waals surface area contributed by atoms with E-state index in [0.29, 0.717) is 0 Å². The van der Waals surface area contributed by atoms with Gasteiger partial charge in [0, 0.05) is 24.7 Å². The van der Waals surface area contributed by atoms with Crippen molar-refractivity contribution in [2.24, 2.45) is 5.73 Å². The van der Waals surface area contributed by atoms with Gasteiger partial charge in [-0.05, 0) is 6.92 Å². The summed E-state index contributed by atoms with van der Waals surface area (Å²) >= 11 is 0. The van der Waals surface area contributed by atoms with E-state index in [0.717, 1.165) is 12.1 Å². The van der Waals surface area contributed by atoms with Crippen LogP contribution in [0.15, 0.2) is 17.0 Å². The van der Waals surface area contributed by atoms with Gasteiger partial charge in [0.05, 0.1) is 14.2 Å². The summed E-state index contributed by atoms with van der Waals surface area (Å²) in [5.41, 5.74) is 5.45. The Morgan fingerprint density at radius 2 is 1.84 bits per heavy atom. The van der Waals surface area contributed by atoms with Gasteiger partial charge in [0.1, 0.15) is 10.7 Å². The molecule has 0 heterocycles. The molecule has 1 rings (SSSR count). The Hall–Kier alpha value is -1.38. The summed E-state index contributed by atoms with van der Waals surface area (Å²) in [7, 11) is -1.32. The molecule has 0 bridgehead atoms. The lowest BCUT2D eigenvalue weighted by molar-refractivity contribution is 0.350. The van der Waals surface area contributed by atoms with E-state index in [1.54, 1.807) is 6.92 Å². The molecule has 0 aromatic heterocycles. The maximum Gasteiger partial charge on any atom is 0.243 e. The lowest BCUT2D eigenvalue weighted by atomic mass is 10.3. The Morgan fingerprint density at radius 3 is 2.32 bits per heavy atom. The molecule has 0 fully saturated rings. The fourth-order valence-electron chi connectivity index (χ4n) is 1.36. The molecule has 0 radical (unpaired) electrons. The maximum atomic E-state index is 13.8. The van der Waals surface area contributed by atoms with Gasteiger partial charge < -0.3 is 15.2 Å². The number of sulfonamides is 1. The average Bonchev–Trinajstić information content (AvgIpc) is 2.35. The summed E-state index contributed by atoms with van der Waals surface area (Å²) in [5.74, 6) is -0.675. The monoisotopic (exact) mass is 292 g/mol. The first-order valence-electron chi connectivity index (χ1n) is 5.48. The van der Waals surface area contributed by atoms with Crippen molar-refractivity contribution in [3.63, 3.8) is 0 Å². The van der Waals surface area contributed by atoms with Gasteiger partial charge in [-0.3, -0.25) is 0 Å². The Bertz CT molecular complexity index is 546. The number of ether oxygens (including phenoxy) is 2. The van der Waals surface area contributed by atoms with E-state index in [4.69, 9.17) is 15.2 Å². The third-order valence-electron chi connectivity index (χ3n) is 2.32. The molecule has 1 aromatic rings. The second-order valence-electron chi connectivity index (χ2n) is 3.97. The van der Waals surface area contributed by atoms with Gasteiger partial charge in [-0.25, -0.2) is 17.5 Å². The summed E-state index contributed by atoms with van der Waals surface area (Å²) < 4.78 is 49.7. The van der Waals surface area contributed by atoms with Crippen molar-refractivity contribution in [3.8, 4) is 11.5 Å². The molecule has 1 aromatic carbocycles. The standard InChI is InChI=1S/C11H17FN2O4S/c1-7(13)6-14-19(15,16)11-5-10(18-3)9(17-2)4-8(11)12/h4-5,7,14H,6,13H2,1-3H3. The molecule has 0 aliphatic rings. The van der Waals surface area contributed by atoms with E-state index in [-0.39, 0.29) is 24.1 Å². The molecule has 0 saturated heterocycles. The van der Waals surface area contributed by atoms with Gasteiger partial charge in [0.2, 0.25) is 10.0 Å². The molecular formula is C11H17FN2O4S. The van der Waals surface area contributed by atoms with Crippen molar-refractivity contribution in [2.75, 3.05) is 20.8 Å². The lowest BCUT2D eigenvalue weighted by Crippen LogP contribution is -2.35. The number of hydrogen-bond donors (Lipinski definition) is 2. The Balaban J connectivity index is 3.19. The highest BCUT2D eigenvalue weighted by molar-refractivity contribution is 7.89. The van der Waals surface area contributed by atoms with Crippen LogP contribution >= 0.6 is 0 Å². The topological polar surface area (TPSA) is 90.7 Å². The van der Waals surface area contributed by atoms with Gasteiger partial charge in [-0.2, -0.15) is 0 Å². The van der Waals surface area contributed by atoms with Gasteiger partial charge in [0.15, 0.2) is 11.5 Å². The van der Waals surface area contributed by atoms with E-state index in [1.165, 1.54) is 14.2 Å². The van der Waals surface area contributed by atoms with Crippen molar-refractivity contribution < 1.29 is 22.3 Å². The summed E-state index contributed by atoms with van der Waals surface area (Å²) in [6, 6.07) is 1.65. The van der Waals surface area contributed by atoms with Crippen molar-refractivity contribution in [1.82, 2.24) is 4.72 Å². The highest BCUT2D eigenvalue weighted by atomic mass is 32.2. The van der Waals surface area contributed by atoms with Crippen molar-refractivity contribution in [3.05, 3.63) is 17.9 Å². The number of benzene rings is 1. The Morgan fingerprint density at radius 1 is 1.32 bits per heavy atom. The minimum atomic E-state index is -3.98. The normalized spacial score (nSPS) is 13.1. The molecule has 108 valence electrons.